The van der Waals surface area contributed by atoms with Crippen LogP contribution < -0.4 is 0 Å². The van der Waals surface area contributed by atoms with E-state index in [0.29, 0.717) is 6.61 Å². The molecule has 0 aromatic rings. The summed E-state index contributed by atoms with van der Waals surface area (Å²) in [6.07, 6.45) is 4.41. The Bertz CT molecular complexity index is 245. The predicted molar refractivity (Wildman–Crippen MR) is 75.1 cm³/mol. The van der Waals surface area contributed by atoms with Crippen molar-refractivity contribution < 1.29 is 19.3 Å². The second-order valence-corrected chi connectivity index (χ2v) is 9.54. The van der Waals surface area contributed by atoms with Gasteiger partial charge < -0.3 is 0 Å². The summed E-state index contributed by atoms with van der Waals surface area (Å²) in [5.74, 6) is 0. The Labute approximate surface area is 128 Å². The van der Waals surface area contributed by atoms with Crippen LogP contribution in [0.15, 0.2) is 0 Å². The molecule has 0 saturated heterocycles. The quantitative estimate of drug-likeness (QED) is 0.304. The summed E-state index contributed by atoms with van der Waals surface area (Å²) in [7, 11) is 0. The van der Waals surface area contributed by atoms with Crippen molar-refractivity contribution in [3.8, 4) is 0 Å². The first-order valence-corrected chi connectivity index (χ1v) is 12.0. The molecular formula is C14H27F3O2Sn. The second kappa shape index (κ2) is 13.0. The van der Waals surface area contributed by atoms with Crippen molar-refractivity contribution in [3.05, 3.63) is 0 Å². The summed E-state index contributed by atoms with van der Waals surface area (Å²) >= 11 is -3.16. The van der Waals surface area contributed by atoms with Crippen LogP contribution in [0.4, 0.5) is 13.2 Å². The molecule has 6 heteroatoms. The molecule has 0 saturated carbocycles. The molecule has 0 spiro atoms. The molecule has 0 atom stereocenters. The zero-order valence-electron chi connectivity index (χ0n) is 12.4. The average molecular weight is 403 g/mol. The molecule has 0 unspecified atom stereocenters. The summed E-state index contributed by atoms with van der Waals surface area (Å²) in [4.78, 5) is 0. The Morgan fingerprint density at radius 3 is 2.00 bits per heavy atom. The molecule has 0 fully saturated rings. The molecule has 0 amide bonds. The minimum absolute atomic E-state index is 0.0563. The van der Waals surface area contributed by atoms with Crippen LogP contribution in [-0.4, -0.2) is 32.9 Å². The Hall–Kier alpha value is 0.349. The molecule has 0 radical (unpaired) electrons. The fourth-order valence-electron chi connectivity index (χ4n) is 1.93. The van der Waals surface area contributed by atoms with Crippen LogP contribution >= 0.6 is 0 Å². The summed E-state index contributed by atoms with van der Waals surface area (Å²) < 4.78 is 52.4. The van der Waals surface area contributed by atoms with Crippen LogP contribution in [0.2, 0.25) is 4.44 Å². The summed E-state index contributed by atoms with van der Waals surface area (Å²) in [5, 5.41) is 0. The van der Waals surface area contributed by atoms with Crippen LogP contribution in [0.5, 0.6) is 0 Å². The number of halogens is 3. The minimum atomic E-state index is -4.14. The molecule has 0 aliphatic carbocycles. The van der Waals surface area contributed by atoms with Crippen LogP contribution in [0.3, 0.4) is 0 Å². The standard InChI is InChI=1S/C10H21O.C4H6F3.O.Sn/c1-2-3-4-5-6-7-8-9-10-11;1-2-3-4(5,6)7;;/h2-10H2,1H3;1-3H2;;/q-1;;;+1. The first-order valence-electron chi connectivity index (χ1n) is 7.68. The Balaban J connectivity index is 3.23. The zero-order valence-corrected chi connectivity index (χ0v) is 15.3. The van der Waals surface area contributed by atoms with Crippen molar-refractivity contribution in [2.24, 2.45) is 0 Å². The van der Waals surface area contributed by atoms with Gasteiger partial charge in [0.25, 0.3) is 0 Å². The predicted octanol–water partition coefficient (Wildman–Crippen LogP) is 5.40. The van der Waals surface area contributed by atoms with Gasteiger partial charge in [0, 0.05) is 0 Å². The van der Waals surface area contributed by atoms with Gasteiger partial charge in [0.05, 0.1) is 0 Å². The molecule has 0 rings (SSSR count). The van der Waals surface area contributed by atoms with E-state index in [2.05, 4.69) is 6.92 Å². The van der Waals surface area contributed by atoms with Gasteiger partial charge >= 0.3 is 128 Å². The third kappa shape index (κ3) is 16.4. The molecule has 120 valence electrons. The summed E-state index contributed by atoms with van der Waals surface area (Å²) in [6, 6.07) is 0. The fourth-order valence-corrected chi connectivity index (χ4v) is 4.73. The third-order valence-corrected chi connectivity index (χ3v) is 6.78. The monoisotopic (exact) mass is 404 g/mol. The van der Waals surface area contributed by atoms with Gasteiger partial charge in [-0.3, -0.25) is 0 Å². The molecular weight excluding hydrogens is 376 g/mol. The van der Waals surface area contributed by atoms with Crippen LogP contribution in [0, 0.1) is 0 Å². The first-order chi connectivity index (χ1) is 9.45. The van der Waals surface area contributed by atoms with Crippen molar-refractivity contribution in [2.45, 2.75) is 81.7 Å². The molecule has 20 heavy (non-hydrogen) atoms. The average Bonchev–Trinajstić information content (AvgIpc) is 2.35. The first kappa shape index (κ1) is 20.3. The van der Waals surface area contributed by atoms with Crippen LogP contribution in [-0.2, 0) is 6.15 Å². The maximum atomic E-state index is 11.9. The van der Waals surface area contributed by atoms with Crippen LogP contribution in [0.1, 0.15) is 71.1 Å². The topological polar surface area (TPSA) is 26.3 Å². The van der Waals surface area contributed by atoms with E-state index >= 15 is 0 Å². The number of hydrogen-bond acceptors (Lipinski definition) is 2. The van der Waals surface area contributed by atoms with Crippen molar-refractivity contribution >= 4 is 20.2 Å². The SMILES string of the molecule is CCCCCCCCCC[O][Sn](=[O])[CH2]CCC(F)(F)F. The third-order valence-electron chi connectivity index (χ3n) is 3.10. The van der Waals surface area contributed by atoms with Gasteiger partial charge in [0.2, 0.25) is 0 Å². The normalized spacial score (nSPS) is 11.8. The number of unbranched alkanes of at least 4 members (excludes halogenated alkanes) is 7. The van der Waals surface area contributed by atoms with Crippen molar-refractivity contribution in [1.29, 1.82) is 0 Å². The Kier molecular flexibility index (Phi) is 13.3. The molecule has 2 nitrogen and oxygen atoms in total. The van der Waals surface area contributed by atoms with Crippen molar-refractivity contribution in [1.82, 2.24) is 0 Å². The molecule has 0 N–H and O–H groups in total. The van der Waals surface area contributed by atoms with Gasteiger partial charge in [0.1, 0.15) is 0 Å². The number of rotatable bonds is 13. The van der Waals surface area contributed by atoms with Gasteiger partial charge in [-0.15, -0.1) is 0 Å². The molecule has 0 heterocycles. The van der Waals surface area contributed by atoms with Crippen LogP contribution in [0.25, 0.3) is 0 Å². The van der Waals surface area contributed by atoms with Gasteiger partial charge in [-0.2, -0.15) is 0 Å². The molecule has 0 aliphatic rings. The van der Waals surface area contributed by atoms with Crippen molar-refractivity contribution in [2.75, 3.05) is 6.61 Å². The molecule has 0 aromatic carbocycles. The molecule has 0 aromatic heterocycles. The van der Waals surface area contributed by atoms with E-state index in [1.165, 1.54) is 38.5 Å². The van der Waals surface area contributed by atoms with Gasteiger partial charge in [-0.1, -0.05) is 0 Å². The number of hydrogen-bond donors (Lipinski definition) is 0. The van der Waals surface area contributed by atoms with E-state index in [-0.39, 0.29) is 10.9 Å². The maximum absolute atomic E-state index is 11.9. The summed E-state index contributed by atoms with van der Waals surface area (Å²) in [6.45, 7) is 2.65. The van der Waals surface area contributed by atoms with E-state index in [4.69, 9.17) is 3.07 Å². The Morgan fingerprint density at radius 2 is 1.45 bits per heavy atom. The molecule has 0 aliphatic heterocycles. The van der Waals surface area contributed by atoms with E-state index < -0.39 is 32.8 Å². The van der Waals surface area contributed by atoms with E-state index in [1.54, 1.807) is 0 Å². The Morgan fingerprint density at radius 1 is 0.900 bits per heavy atom. The van der Waals surface area contributed by atoms with E-state index in [0.717, 1.165) is 12.8 Å². The molecule has 0 bridgehead atoms. The second-order valence-electron chi connectivity index (χ2n) is 5.16. The zero-order chi connectivity index (χ0) is 15.3. The number of alkyl halides is 3. The van der Waals surface area contributed by atoms with Gasteiger partial charge in [0.15, 0.2) is 0 Å². The van der Waals surface area contributed by atoms with Gasteiger partial charge in [-0.25, -0.2) is 0 Å². The fraction of sp³-hybridized carbons (Fsp3) is 1.00. The van der Waals surface area contributed by atoms with Gasteiger partial charge in [-0.05, 0) is 0 Å². The van der Waals surface area contributed by atoms with Crippen molar-refractivity contribution in [3.63, 3.8) is 0 Å². The summed E-state index contributed by atoms with van der Waals surface area (Å²) in [5.41, 5.74) is 0. The van der Waals surface area contributed by atoms with E-state index in [1.807, 2.05) is 0 Å². The van der Waals surface area contributed by atoms with E-state index in [9.17, 15) is 16.2 Å².